The number of sulfone groups is 1. The zero-order chi connectivity index (χ0) is 20.0. The Bertz CT molecular complexity index is 1060. The summed E-state index contributed by atoms with van der Waals surface area (Å²) in [7, 11) is -3.44. The van der Waals surface area contributed by atoms with E-state index in [2.05, 4.69) is 15.5 Å². The highest BCUT2D eigenvalue weighted by Crippen LogP contribution is 2.17. The van der Waals surface area contributed by atoms with Gasteiger partial charge in [-0.15, -0.1) is 23.1 Å². The highest BCUT2D eigenvalue weighted by molar-refractivity contribution is 7.98. The molecule has 1 aromatic carbocycles. The minimum Gasteiger partial charge on any atom is -0.468 e. The van der Waals surface area contributed by atoms with Gasteiger partial charge in [-0.2, -0.15) is 5.10 Å². The molecule has 2 aromatic heterocycles. The van der Waals surface area contributed by atoms with Gasteiger partial charge >= 0.3 is 0 Å². The SMILES string of the molecule is CSc1ccc(/C=N/NC(=O)c2csc(CS(=O)(=O)Cc3ccco3)n2)cc1. The predicted octanol–water partition coefficient (Wildman–Crippen LogP) is 3.34. The molecule has 0 radical (unpaired) electrons. The van der Waals surface area contributed by atoms with Crippen LogP contribution in [-0.4, -0.2) is 31.8 Å². The van der Waals surface area contributed by atoms with Crippen LogP contribution in [0.1, 0.15) is 26.8 Å². The quantitative estimate of drug-likeness (QED) is 0.331. The van der Waals surface area contributed by atoms with Gasteiger partial charge in [-0.25, -0.2) is 18.8 Å². The molecular formula is C18H17N3O4S3. The van der Waals surface area contributed by atoms with Crippen LogP contribution < -0.4 is 5.43 Å². The molecule has 0 atom stereocenters. The van der Waals surface area contributed by atoms with Gasteiger partial charge in [0.25, 0.3) is 5.91 Å². The van der Waals surface area contributed by atoms with Gasteiger partial charge in [-0.1, -0.05) is 12.1 Å². The summed E-state index contributed by atoms with van der Waals surface area (Å²) in [6.45, 7) is 0. The molecular weight excluding hydrogens is 418 g/mol. The van der Waals surface area contributed by atoms with Crippen molar-refractivity contribution in [1.29, 1.82) is 0 Å². The minimum atomic E-state index is -3.44. The average Bonchev–Trinajstić information content (AvgIpc) is 3.33. The summed E-state index contributed by atoms with van der Waals surface area (Å²) >= 11 is 2.76. The molecule has 0 saturated carbocycles. The number of carbonyl (C=O) groups excluding carboxylic acids is 1. The predicted molar refractivity (Wildman–Crippen MR) is 110 cm³/mol. The number of thiazole rings is 1. The highest BCUT2D eigenvalue weighted by atomic mass is 32.2. The lowest BCUT2D eigenvalue weighted by Gasteiger charge is -1.99. The Morgan fingerprint density at radius 1 is 1.29 bits per heavy atom. The van der Waals surface area contributed by atoms with Crippen LogP contribution in [0.3, 0.4) is 0 Å². The van der Waals surface area contributed by atoms with Crippen LogP contribution >= 0.6 is 23.1 Å². The molecule has 28 heavy (non-hydrogen) atoms. The molecule has 2 heterocycles. The van der Waals surface area contributed by atoms with Gasteiger partial charge in [0.2, 0.25) is 0 Å². The Kier molecular flexibility index (Phi) is 6.65. The first-order chi connectivity index (χ1) is 13.4. The molecule has 7 nitrogen and oxygen atoms in total. The van der Waals surface area contributed by atoms with E-state index < -0.39 is 15.7 Å². The summed E-state index contributed by atoms with van der Waals surface area (Å²) in [6.07, 6.45) is 4.95. The third kappa shape index (κ3) is 5.78. The zero-order valence-corrected chi connectivity index (χ0v) is 17.3. The van der Waals surface area contributed by atoms with Crippen LogP contribution in [0.15, 0.2) is 62.5 Å². The number of carbonyl (C=O) groups is 1. The largest absolute Gasteiger partial charge is 0.468 e. The Labute approximate surface area is 170 Å². The van der Waals surface area contributed by atoms with E-state index in [1.165, 1.54) is 17.9 Å². The maximum Gasteiger partial charge on any atom is 0.290 e. The van der Waals surface area contributed by atoms with E-state index in [4.69, 9.17) is 4.42 Å². The molecule has 10 heteroatoms. The second kappa shape index (κ2) is 9.18. The van der Waals surface area contributed by atoms with Crippen molar-refractivity contribution in [3.63, 3.8) is 0 Å². The van der Waals surface area contributed by atoms with E-state index in [-0.39, 0.29) is 17.2 Å². The van der Waals surface area contributed by atoms with Gasteiger partial charge in [0, 0.05) is 10.3 Å². The number of benzene rings is 1. The summed E-state index contributed by atoms with van der Waals surface area (Å²) in [5.74, 6) is -0.588. The van der Waals surface area contributed by atoms with Crippen LogP contribution in [0.2, 0.25) is 0 Å². The monoisotopic (exact) mass is 435 g/mol. The number of hydrogen-bond donors (Lipinski definition) is 1. The Balaban J connectivity index is 1.56. The third-order valence-electron chi connectivity index (χ3n) is 3.57. The van der Waals surface area contributed by atoms with Crippen LogP contribution in [0.5, 0.6) is 0 Å². The summed E-state index contributed by atoms with van der Waals surface area (Å²) in [4.78, 5) is 17.4. The van der Waals surface area contributed by atoms with Crippen molar-refractivity contribution in [2.75, 3.05) is 6.26 Å². The van der Waals surface area contributed by atoms with Crippen molar-refractivity contribution >= 4 is 45.1 Å². The van der Waals surface area contributed by atoms with Gasteiger partial charge in [0.1, 0.15) is 28.0 Å². The Morgan fingerprint density at radius 3 is 2.75 bits per heavy atom. The van der Waals surface area contributed by atoms with Crippen LogP contribution in [-0.2, 0) is 21.3 Å². The normalized spacial score (nSPS) is 11.8. The molecule has 0 bridgehead atoms. The lowest BCUT2D eigenvalue weighted by molar-refractivity contribution is 0.0950. The van der Waals surface area contributed by atoms with Crippen LogP contribution in [0.4, 0.5) is 0 Å². The van der Waals surface area contributed by atoms with E-state index >= 15 is 0 Å². The first-order valence-electron chi connectivity index (χ1n) is 8.10. The van der Waals surface area contributed by atoms with Gasteiger partial charge in [-0.3, -0.25) is 4.79 Å². The number of furan rings is 1. The minimum absolute atomic E-state index is 0.128. The third-order valence-corrected chi connectivity index (χ3v) is 6.78. The van der Waals surface area contributed by atoms with E-state index in [0.29, 0.717) is 10.8 Å². The van der Waals surface area contributed by atoms with Gasteiger partial charge in [0.15, 0.2) is 9.84 Å². The van der Waals surface area contributed by atoms with Gasteiger partial charge in [-0.05, 0) is 36.1 Å². The summed E-state index contributed by atoms with van der Waals surface area (Å²) < 4.78 is 29.5. The number of rotatable bonds is 8. The van der Waals surface area contributed by atoms with Crippen molar-refractivity contribution in [1.82, 2.24) is 10.4 Å². The van der Waals surface area contributed by atoms with E-state index in [1.54, 1.807) is 23.9 Å². The molecule has 0 aliphatic heterocycles. The number of nitrogens with zero attached hydrogens (tertiary/aromatic N) is 2. The first-order valence-corrected chi connectivity index (χ1v) is 12.0. The molecule has 0 aliphatic rings. The van der Waals surface area contributed by atoms with Crippen molar-refractivity contribution in [2.24, 2.45) is 5.10 Å². The first kappa shape index (κ1) is 20.3. The number of hydrogen-bond acceptors (Lipinski definition) is 8. The van der Waals surface area contributed by atoms with Gasteiger partial charge < -0.3 is 4.42 Å². The molecule has 0 saturated heterocycles. The molecule has 0 aliphatic carbocycles. The standard InChI is InChI=1S/C18H17N3O4S3/c1-26-15-6-4-13(5-7-15)9-19-21-18(22)16-10-27-17(20-16)12-28(23,24)11-14-3-2-8-25-14/h2-10H,11-12H2,1H3,(H,21,22)/b19-9+. The average molecular weight is 436 g/mol. The summed E-state index contributed by atoms with van der Waals surface area (Å²) in [5.41, 5.74) is 3.37. The topological polar surface area (TPSA) is 102 Å². The fourth-order valence-electron chi connectivity index (χ4n) is 2.24. The molecule has 3 rings (SSSR count). The smallest absolute Gasteiger partial charge is 0.290 e. The lowest BCUT2D eigenvalue weighted by atomic mass is 10.2. The molecule has 146 valence electrons. The van der Waals surface area contributed by atoms with E-state index in [1.807, 2.05) is 30.5 Å². The molecule has 0 fully saturated rings. The summed E-state index contributed by atoms with van der Waals surface area (Å²) in [6, 6.07) is 10.9. The molecule has 0 spiro atoms. The number of thioether (sulfide) groups is 1. The molecule has 1 amide bonds. The van der Waals surface area contributed by atoms with Crippen molar-refractivity contribution in [2.45, 2.75) is 16.4 Å². The lowest BCUT2D eigenvalue weighted by Crippen LogP contribution is -2.18. The van der Waals surface area contributed by atoms with E-state index in [9.17, 15) is 13.2 Å². The van der Waals surface area contributed by atoms with Crippen molar-refractivity contribution in [3.05, 3.63) is 70.1 Å². The van der Waals surface area contributed by atoms with Crippen molar-refractivity contribution < 1.29 is 17.6 Å². The molecule has 1 N–H and O–H groups in total. The fourth-order valence-corrected chi connectivity index (χ4v) is 5.16. The fraction of sp³-hybridized carbons (Fsp3) is 0.167. The number of aromatic nitrogens is 1. The van der Waals surface area contributed by atoms with E-state index in [0.717, 1.165) is 21.8 Å². The Morgan fingerprint density at radius 2 is 2.07 bits per heavy atom. The summed E-state index contributed by atoms with van der Waals surface area (Å²) in [5, 5.41) is 5.76. The maximum atomic E-state index is 12.2. The zero-order valence-electron chi connectivity index (χ0n) is 14.9. The number of nitrogens with one attached hydrogen (secondary N) is 1. The second-order valence-corrected chi connectivity index (χ2v) is 9.60. The number of hydrazone groups is 1. The highest BCUT2D eigenvalue weighted by Gasteiger charge is 2.18. The Hall–Kier alpha value is -2.43. The maximum absolute atomic E-state index is 12.2. The van der Waals surface area contributed by atoms with Crippen LogP contribution in [0, 0.1) is 0 Å². The molecule has 3 aromatic rings. The van der Waals surface area contributed by atoms with Crippen molar-refractivity contribution in [3.8, 4) is 0 Å². The number of amides is 1. The second-order valence-electron chi connectivity index (χ2n) is 5.71. The van der Waals surface area contributed by atoms with Crippen LogP contribution in [0.25, 0.3) is 0 Å². The van der Waals surface area contributed by atoms with Gasteiger partial charge in [0.05, 0.1) is 12.5 Å². The molecule has 0 unspecified atom stereocenters.